The van der Waals surface area contributed by atoms with Crippen LogP contribution in [0.1, 0.15) is 35.9 Å². The first-order chi connectivity index (χ1) is 19.7. The highest BCUT2D eigenvalue weighted by atomic mass is 32.1. The zero-order valence-corrected chi connectivity index (χ0v) is 22.5. The van der Waals surface area contributed by atoms with Gasteiger partial charge >= 0.3 is 5.97 Å². The van der Waals surface area contributed by atoms with Gasteiger partial charge in [-0.05, 0) is 71.3 Å². The van der Waals surface area contributed by atoms with E-state index in [2.05, 4.69) is 39.6 Å². The lowest BCUT2D eigenvalue weighted by molar-refractivity contribution is 0.0414. The normalized spacial score (nSPS) is 11.1. The molecule has 0 aliphatic carbocycles. The lowest BCUT2D eigenvalue weighted by atomic mass is 10.0. The summed E-state index contributed by atoms with van der Waals surface area (Å²) in [6.45, 7) is 2.92. The van der Waals surface area contributed by atoms with Crippen LogP contribution in [0.15, 0.2) is 89.3 Å². The van der Waals surface area contributed by atoms with Gasteiger partial charge in [-0.2, -0.15) is 0 Å². The third-order valence-electron chi connectivity index (χ3n) is 6.27. The second-order valence-corrected chi connectivity index (χ2v) is 10.1. The summed E-state index contributed by atoms with van der Waals surface area (Å²) in [7, 11) is 0. The highest BCUT2D eigenvalue weighted by Crippen LogP contribution is 2.31. The number of ether oxygens (including phenoxy) is 1. The molecule has 0 saturated heterocycles. The lowest BCUT2D eigenvalue weighted by Gasteiger charge is -2.07. The van der Waals surface area contributed by atoms with Gasteiger partial charge in [-0.1, -0.05) is 61.0 Å². The van der Waals surface area contributed by atoms with E-state index in [-0.39, 0.29) is 0 Å². The third-order valence-corrected chi connectivity index (χ3v) is 7.32. The number of thiophene rings is 1. The molecule has 6 aromatic rings. The molecule has 0 spiro atoms. The van der Waals surface area contributed by atoms with Crippen LogP contribution in [0.25, 0.3) is 44.4 Å². The lowest BCUT2D eigenvalue weighted by Crippen LogP contribution is -2.20. The second-order valence-electron chi connectivity index (χ2n) is 9.06. The molecule has 10 heteroatoms. The van der Waals surface area contributed by atoms with Crippen molar-refractivity contribution in [3.8, 4) is 39.1 Å². The van der Waals surface area contributed by atoms with Gasteiger partial charge in [-0.25, -0.2) is 4.79 Å². The van der Waals surface area contributed by atoms with Crippen LogP contribution in [0.3, 0.4) is 0 Å². The van der Waals surface area contributed by atoms with Crippen molar-refractivity contribution in [2.75, 3.05) is 6.61 Å². The quantitative estimate of drug-likeness (QED) is 0.137. The van der Waals surface area contributed by atoms with Crippen LogP contribution in [0, 0.1) is 0 Å². The molecule has 0 aliphatic rings. The Labute approximate surface area is 234 Å². The number of unbranched alkanes of at least 4 members (excludes halogenated alkanes) is 2. The average molecular weight is 552 g/mol. The molecule has 0 saturated carbocycles. The van der Waals surface area contributed by atoms with Gasteiger partial charge in [0.15, 0.2) is 0 Å². The minimum atomic E-state index is -0.557. The van der Waals surface area contributed by atoms with Crippen molar-refractivity contribution in [3.63, 3.8) is 0 Å². The molecule has 0 aliphatic heterocycles. The number of carbonyl (C=O) groups excluding carboxylic acids is 1. The molecular weight excluding hydrogens is 526 g/mol. The number of hydrogen-bond acceptors (Lipinski definition) is 9. The number of carbonyl (C=O) groups is 1. The van der Waals surface area contributed by atoms with Gasteiger partial charge in [0.2, 0.25) is 5.89 Å². The number of para-hydroxylation sites is 1. The van der Waals surface area contributed by atoms with E-state index in [1.165, 1.54) is 24.2 Å². The predicted molar refractivity (Wildman–Crippen MR) is 152 cm³/mol. The molecule has 0 unspecified atom stereocenters. The van der Waals surface area contributed by atoms with E-state index in [0.29, 0.717) is 32.6 Å². The Morgan fingerprint density at radius 1 is 0.825 bits per heavy atom. The van der Waals surface area contributed by atoms with Crippen LogP contribution in [0.4, 0.5) is 0 Å². The maximum absolute atomic E-state index is 12.7. The molecule has 0 amide bonds. The zero-order chi connectivity index (χ0) is 27.3. The number of hydrogen-bond donors (Lipinski definition) is 0. The molecular formula is C30H25N5O4S. The van der Waals surface area contributed by atoms with Crippen molar-refractivity contribution in [2.45, 2.75) is 26.2 Å². The van der Waals surface area contributed by atoms with Gasteiger partial charge in [0.25, 0.3) is 5.89 Å². The van der Waals surface area contributed by atoms with Crippen LogP contribution in [0.2, 0.25) is 0 Å². The SMILES string of the molecule is CCCCCOc1ccc(-c2ccc(-c3nnc(-c4ccc(C(=O)On5nnc6ccccc65)s4)o3)cc2)cc1. The summed E-state index contributed by atoms with van der Waals surface area (Å²) in [5, 5.41) is 16.3. The van der Waals surface area contributed by atoms with Crippen molar-refractivity contribution in [2.24, 2.45) is 0 Å². The van der Waals surface area contributed by atoms with Gasteiger partial charge in [0.1, 0.15) is 21.7 Å². The maximum atomic E-state index is 12.7. The Kier molecular flexibility index (Phi) is 7.32. The molecule has 40 heavy (non-hydrogen) atoms. The molecule has 6 rings (SSSR count). The zero-order valence-electron chi connectivity index (χ0n) is 21.7. The van der Waals surface area contributed by atoms with E-state index in [4.69, 9.17) is 14.0 Å². The summed E-state index contributed by atoms with van der Waals surface area (Å²) in [5.74, 6) is 1.04. The van der Waals surface area contributed by atoms with E-state index in [0.717, 1.165) is 40.3 Å². The monoisotopic (exact) mass is 551 g/mol. The topological polar surface area (TPSA) is 105 Å². The molecule has 0 radical (unpaired) electrons. The largest absolute Gasteiger partial charge is 0.494 e. The minimum Gasteiger partial charge on any atom is -0.494 e. The van der Waals surface area contributed by atoms with Gasteiger partial charge in [-0.3, -0.25) is 0 Å². The fourth-order valence-electron chi connectivity index (χ4n) is 4.13. The van der Waals surface area contributed by atoms with Crippen LogP contribution in [-0.2, 0) is 0 Å². The second kappa shape index (κ2) is 11.5. The molecule has 0 atom stereocenters. The van der Waals surface area contributed by atoms with Crippen LogP contribution in [0.5, 0.6) is 5.75 Å². The first-order valence-corrected chi connectivity index (χ1v) is 13.8. The van der Waals surface area contributed by atoms with Crippen molar-refractivity contribution in [1.82, 2.24) is 25.4 Å². The number of fused-ring (bicyclic) bond motifs is 1. The van der Waals surface area contributed by atoms with E-state index < -0.39 is 5.97 Å². The minimum absolute atomic E-state index is 0.323. The Morgan fingerprint density at radius 2 is 1.55 bits per heavy atom. The Morgan fingerprint density at radius 3 is 2.35 bits per heavy atom. The van der Waals surface area contributed by atoms with E-state index in [1.54, 1.807) is 24.3 Å². The maximum Gasteiger partial charge on any atom is 0.375 e. The smallest absolute Gasteiger partial charge is 0.375 e. The molecule has 0 N–H and O–H groups in total. The fourth-order valence-corrected chi connectivity index (χ4v) is 4.93. The van der Waals surface area contributed by atoms with E-state index in [1.807, 2.05) is 48.5 Å². The third kappa shape index (κ3) is 5.48. The molecule has 200 valence electrons. The number of benzene rings is 3. The summed E-state index contributed by atoms with van der Waals surface area (Å²) < 4.78 is 11.7. The van der Waals surface area contributed by atoms with Crippen molar-refractivity contribution >= 4 is 28.3 Å². The van der Waals surface area contributed by atoms with E-state index in [9.17, 15) is 4.79 Å². The first kappa shape index (κ1) is 25.4. The predicted octanol–water partition coefficient (Wildman–Crippen LogP) is 6.71. The number of aromatic nitrogens is 5. The molecule has 3 heterocycles. The molecule has 3 aromatic heterocycles. The highest BCUT2D eigenvalue weighted by Gasteiger charge is 2.18. The van der Waals surface area contributed by atoms with Crippen molar-refractivity contribution < 1.29 is 18.8 Å². The van der Waals surface area contributed by atoms with Gasteiger partial charge in [-0.15, -0.1) is 26.6 Å². The van der Waals surface area contributed by atoms with Crippen LogP contribution < -0.4 is 9.57 Å². The van der Waals surface area contributed by atoms with Crippen LogP contribution >= 0.6 is 11.3 Å². The van der Waals surface area contributed by atoms with Crippen molar-refractivity contribution in [1.29, 1.82) is 0 Å². The van der Waals surface area contributed by atoms with Gasteiger partial charge in [0.05, 0.1) is 11.5 Å². The summed E-state index contributed by atoms with van der Waals surface area (Å²) >= 11 is 1.20. The molecule has 3 aromatic carbocycles. The van der Waals surface area contributed by atoms with Crippen LogP contribution in [-0.4, -0.2) is 37.9 Å². The summed E-state index contributed by atoms with van der Waals surface area (Å²) in [5.41, 5.74) is 4.20. The summed E-state index contributed by atoms with van der Waals surface area (Å²) in [6, 6.07) is 26.7. The summed E-state index contributed by atoms with van der Waals surface area (Å²) in [4.78, 5) is 20.2. The Hall–Kier alpha value is -4.83. The first-order valence-electron chi connectivity index (χ1n) is 13.0. The number of rotatable bonds is 10. The average Bonchev–Trinajstić information content (AvgIpc) is 3.76. The standard InChI is InChI=1S/C30H25N5O4S/c1-2-3-6-19-37-23-15-13-21(14-16-23)20-9-11-22(12-10-20)28-32-33-29(38-28)26-17-18-27(40-26)30(36)39-35-25-8-5-4-7-24(25)31-34-35/h4-5,7-18H,2-3,6,19H2,1H3. The Balaban J connectivity index is 1.11. The fraction of sp³-hybridized carbons (Fsp3) is 0.167. The number of nitrogens with zero attached hydrogens (tertiary/aromatic N) is 5. The van der Waals surface area contributed by atoms with Gasteiger partial charge in [0, 0.05) is 5.56 Å². The molecule has 0 bridgehead atoms. The Bertz CT molecular complexity index is 1740. The van der Waals surface area contributed by atoms with Crippen molar-refractivity contribution in [3.05, 3.63) is 89.8 Å². The van der Waals surface area contributed by atoms with Gasteiger partial charge < -0.3 is 14.0 Å². The molecule has 0 fully saturated rings. The summed E-state index contributed by atoms with van der Waals surface area (Å²) in [6.07, 6.45) is 3.43. The highest BCUT2D eigenvalue weighted by molar-refractivity contribution is 7.17. The molecule has 9 nitrogen and oxygen atoms in total. The van der Waals surface area contributed by atoms with E-state index >= 15 is 0 Å².